The molecule has 0 bridgehead atoms. The summed E-state index contributed by atoms with van der Waals surface area (Å²) in [6, 6.07) is 20.2. The fraction of sp³-hybridized carbons (Fsp3) is 0.300. The van der Waals surface area contributed by atoms with Crippen LogP contribution in [0.5, 0.6) is 0 Å². The van der Waals surface area contributed by atoms with Crippen molar-refractivity contribution in [3.63, 3.8) is 0 Å². The minimum absolute atomic E-state index is 0.0332. The average molecular weight is 533 g/mol. The Hall–Kier alpha value is -3.82. The van der Waals surface area contributed by atoms with Crippen molar-refractivity contribution in [2.75, 3.05) is 32.7 Å². The molecule has 9 heteroatoms. The zero-order valence-corrected chi connectivity index (χ0v) is 22.1. The normalized spacial score (nSPS) is 15.3. The van der Waals surface area contributed by atoms with Crippen LogP contribution in [0.25, 0.3) is 23.2 Å². The third-order valence-electron chi connectivity index (χ3n) is 7.13. The largest absolute Gasteiger partial charge is 0.417 e. The van der Waals surface area contributed by atoms with Crippen LogP contribution in [0, 0.1) is 13.8 Å². The summed E-state index contributed by atoms with van der Waals surface area (Å²) in [5, 5.41) is 12.0. The summed E-state index contributed by atoms with van der Waals surface area (Å²) < 4.78 is 44.3. The lowest BCUT2D eigenvalue weighted by molar-refractivity contribution is -0.137. The van der Waals surface area contributed by atoms with Crippen molar-refractivity contribution < 1.29 is 13.2 Å². The fourth-order valence-electron chi connectivity index (χ4n) is 5.14. The van der Waals surface area contributed by atoms with E-state index < -0.39 is 11.7 Å². The lowest BCUT2D eigenvalue weighted by Gasteiger charge is -2.34. The van der Waals surface area contributed by atoms with Gasteiger partial charge in [-0.3, -0.25) is 9.80 Å². The fourth-order valence-corrected chi connectivity index (χ4v) is 5.14. The van der Waals surface area contributed by atoms with Crippen molar-refractivity contribution in [2.24, 2.45) is 0 Å². The van der Waals surface area contributed by atoms with Crippen LogP contribution >= 0.6 is 0 Å². The number of hydrogen-bond acceptors (Lipinski definition) is 5. The second kappa shape index (κ2) is 11.5. The van der Waals surface area contributed by atoms with Crippen molar-refractivity contribution >= 4 is 6.08 Å². The van der Waals surface area contributed by atoms with Gasteiger partial charge in [-0.1, -0.05) is 72.8 Å². The first-order chi connectivity index (χ1) is 18.8. The van der Waals surface area contributed by atoms with Crippen LogP contribution in [0.1, 0.15) is 27.8 Å². The lowest BCUT2D eigenvalue weighted by Crippen LogP contribution is -2.45. The van der Waals surface area contributed by atoms with Crippen LogP contribution in [-0.4, -0.2) is 62.7 Å². The summed E-state index contributed by atoms with van der Waals surface area (Å²) in [6.07, 6.45) is -0.280. The Morgan fingerprint density at radius 3 is 2.18 bits per heavy atom. The van der Waals surface area contributed by atoms with E-state index in [1.54, 1.807) is 6.07 Å². The van der Waals surface area contributed by atoms with Crippen LogP contribution in [-0.2, 0) is 12.7 Å². The van der Waals surface area contributed by atoms with Gasteiger partial charge in [0.25, 0.3) is 0 Å². The van der Waals surface area contributed by atoms with E-state index >= 15 is 0 Å². The van der Waals surface area contributed by atoms with Crippen molar-refractivity contribution in [3.05, 3.63) is 101 Å². The monoisotopic (exact) mass is 532 g/mol. The van der Waals surface area contributed by atoms with Gasteiger partial charge in [0.05, 0.1) is 11.3 Å². The molecule has 0 atom stereocenters. The van der Waals surface area contributed by atoms with Crippen LogP contribution in [0.4, 0.5) is 13.2 Å². The third kappa shape index (κ3) is 6.10. The van der Waals surface area contributed by atoms with Gasteiger partial charge in [0, 0.05) is 44.8 Å². The van der Waals surface area contributed by atoms with Crippen LogP contribution in [0.15, 0.2) is 72.8 Å². The summed E-state index contributed by atoms with van der Waals surface area (Å²) in [5.74, 6) is 0.0972. The molecule has 3 aromatic carbocycles. The number of tetrazole rings is 1. The number of alkyl halides is 3. The van der Waals surface area contributed by atoms with Gasteiger partial charge in [-0.05, 0) is 52.6 Å². The molecule has 4 aromatic rings. The van der Waals surface area contributed by atoms with Crippen LogP contribution in [0.3, 0.4) is 0 Å². The minimum Gasteiger partial charge on any atom is -0.297 e. The van der Waals surface area contributed by atoms with Gasteiger partial charge in [-0.15, -0.1) is 5.10 Å². The molecule has 1 aliphatic rings. The molecular formula is C30H31F3N6. The number of halogens is 3. The van der Waals surface area contributed by atoms with Gasteiger partial charge in [-0.25, -0.2) is 0 Å². The molecule has 0 saturated carbocycles. The quantitative estimate of drug-likeness (QED) is 0.301. The van der Waals surface area contributed by atoms with E-state index in [1.165, 1.54) is 10.7 Å². The second-order valence-corrected chi connectivity index (χ2v) is 9.88. The molecule has 1 aromatic heterocycles. The van der Waals surface area contributed by atoms with Crippen molar-refractivity contribution in [2.45, 2.75) is 26.6 Å². The van der Waals surface area contributed by atoms with Crippen molar-refractivity contribution in [3.8, 4) is 17.1 Å². The molecule has 1 fully saturated rings. The second-order valence-electron chi connectivity index (χ2n) is 9.88. The number of hydrogen-bond donors (Lipinski definition) is 0. The molecule has 5 rings (SSSR count). The molecule has 1 saturated heterocycles. The van der Waals surface area contributed by atoms with Crippen LogP contribution in [0.2, 0.25) is 0 Å². The van der Waals surface area contributed by atoms with E-state index in [2.05, 4.69) is 49.6 Å². The number of rotatable bonds is 7. The first-order valence-electron chi connectivity index (χ1n) is 13.0. The number of para-hydroxylation sites is 1. The van der Waals surface area contributed by atoms with E-state index in [-0.39, 0.29) is 11.4 Å². The Bertz CT molecular complexity index is 1420. The number of aromatic nitrogens is 4. The van der Waals surface area contributed by atoms with E-state index in [0.717, 1.165) is 55.5 Å². The SMILES string of the molecule is Cc1cccc(C)c1-n1nnnc1-c1c(CN2CCN(CC=Cc3ccccc3)CC2)cccc1C(F)(F)F. The molecule has 39 heavy (non-hydrogen) atoms. The first kappa shape index (κ1) is 26.8. The molecule has 6 nitrogen and oxygen atoms in total. The highest BCUT2D eigenvalue weighted by molar-refractivity contribution is 5.68. The maximum absolute atomic E-state index is 14.3. The molecule has 202 valence electrons. The molecule has 1 aliphatic heterocycles. The number of benzene rings is 3. The summed E-state index contributed by atoms with van der Waals surface area (Å²) >= 11 is 0. The van der Waals surface area contributed by atoms with Gasteiger partial charge < -0.3 is 0 Å². The Balaban J connectivity index is 1.38. The molecular weight excluding hydrogens is 501 g/mol. The summed E-state index contributed by atoms with van der Waals surface area (Å²) in [5.41, 5.74) is 3.48. The molecule has 0 radical (unpaired) electrons. The first-order valence-corrected chi connectivity index (χ1v) is 13.0. The van der Waals surface area contributed by atoms with Gasteiger partial charge in [0.15, 0.2) is 5.82 Å². The minimum atomic E-state index is -4.55. The molecule has 2 heterocycles. The van der Waals surface area contributed by atoms with Gasteiger partial charge in [-0.2, -0.15) is 17.9 Å². The van der Waals surface area contributed by atoms with E-state index in [9.17, 15) is 13.2 Å². The van der Waals surface area contributed by atoms with Crippen molar-refractivity contribution in [1.29, 1.82) is 0 Å². The van der Waals surface area contributed by atoms with E-state index in [1.807, 2.05) is 50.2 Å². The van der Waals surface area contributed by atoms with E-state index in [4.69, 9.17) is 0 Å². The number of nitrogens with zero attached hydrogens (tertiary/aromatic N) is 6. The molecule has 0 amide bonds. The molecule has 0 N–H and O–H groups in total. The highest BCUT2D eigenvalue weighted by Crippen LogP contribution is 2.39. The summed E-state index contributed by atoms with van der Waals surface area (Å²) in [6.45, 7) is 8.22. The zero-order chi connectivity index (χ0) is 27.4. The number of piperazine rings is 1. The topological polar surface area (TPSA) is 50.1 Å². The highest BCUT2D eigenvalue weighted by atomic mass is 19.4. The maximum Gasteiger partial charge on any atom is 0.417 e. The smallest absolute Gasteiger partial charge is 0.297 e. The maximum atomic E-state index is 14.3. The molecule has 0 unspecified atom stereocenters. The predicted molar refractivity (Wildman–Crippen MR) is 146 cm³/mol. The Kier molecular flexibility index (Phi) is 7.90. The van der Waals surface area contributed by atoms with Gasteiger partial charge in [0.2, 0.25) is 0 Å². The average Bonchev–Trinajstić information content (AvgIpc) is 3.38. The number of aryl methyl sites for hydroxylation is 2. The standard InChI is InChI=1S/C30H31F3N6/c1-22-9-6-10-23(2)28(22)39-29(34-35-36-39)27-25(14-7-15-26(27)30(31,32)33)21-38-19-17-37(18-20-38)16-8-13-24-11-4-3-5-12-24/h3-15H,16-21H2,1-2H3. The molecule has 0 spiro atoms. The Morgan fingerprint density at radius 1 is 0.821 bits per heavy atom. The summed E-state index contributed by atoms with van der Waals surface area (Å²) in [4.78, 5) is 4.55. The van der Waals surface area contributed by atoms with Gasteiger partial charge in [0.1, 0.15) is 0 Å². The summed E-state index contributed by atoms with van der Waals surface area (Å²) in [7, 11) is 0. The lowest BCUT2D eigenvalue weighted by atomic mass is 9.98. The Labute approximate surface area is 226 Å². The van der Waals surface area contributed by atoms with Gasteiger partial charge >= 0.3 is 6.18 Å². The predicted octanol–water partition coefficient (Wildman–Crippen LogP) is 5.80. The van der Waals surface area contributed by atoms with E-state index in [0.29, 0.717) is 17.8 Å². The van der Waals surface area contributed by atoms with Crippen LogP contribution < -0.4 is 0 Å². The third-order valence-corrected chi connectivity index (χ3v) is 7.13. The highest BCUT2D eigenvalue weighted by Gasteiger charge is 2.37. The zero-order valence-electron chi connectivity index (χ0n) is 22.1. The Morgan fingerprint density at radius 2 is 1.49 bits per heavy atom. The molecule has 0 aliphatic carbocycles. The van der Waals surface area contributed by atoms with Crippen molar-refractivity contribution in [1.82, 2.24) is 30.0 Å².